The van der Waals surface area contributed by atoms with Crippen LogP contribution in [0.15, 0.2) is 24.3 Å². The van der Waals surface area contributed by atoms with E-state index in [2.05, 4.69) is 5.32 Å². The molecule has 1 aliphatic rings. The van der Waals surface area contributed by atoms with Gasteiger partial charge in [0.05, 0.1) is 11.7 Å². The molecule has 1 fully saturated rings. The lowest BCUT2D eigenvalue weighted by atomic mass is 10.1. The molecule has 0 spiro atoms. The highest BCUT2D eigenvalue weighted by atomic mass is 16.3. The number of carbonyl (C=O) groups is 1. The summed E-state index contributed by atoms with van der Waals surface area (Å²) in [5.41, 5.74) is 1.48. The molecule has 5 nitrogen and oxygen atoms in total. The topological polar surface area (TPSA) is 55.8 Å². The molecule has 1 heterocycles. The van der Waals surface area contributed by atoms with Crippen LogP contribution in [0.25, 0.3) is 0 Å². The van der Waals surface area contributed by atoms with Crippen molar-refractivity contribution < 1.29 is 9.90 Å². The van der Waals surface area contributed by atoms with E-state index < -0.39 is 6.10 Å². The maximum atomic E-state index is 12.7. The van der Waals surface area contributed by atoms with Crippen molar-refractivity contribution in [3.63, 3.8) is 0 Å². The molecule has 2 rings (SSSR count). The molecule has 0 bridgehead atoms. The number of rotatable bonds is 4. The first-order valence-electron chi connectivity index (χ1n) is 6.93. The second-order valence-corrected chi connectivity index (χ2v) is 5.56. The van der Waals surface area contributed by atoms with Crippen molar-refractivity contribution >= 4 is 11.6 Å². The fourth-order valence-electron chi connectivity index (χ4n) is 2.78. The number of aliphatic hydroxyl groups excluding tert-OH is 1. The smallest absolute Gasteiger partial charge is 0.256 e. The number of carbonyl (C=O) groups excluding carboxylic acids is 1. The van der Waals surface area contributed by atoms with Crippen molar-refractivity contribution in [2.75, 3.05) is 39.5 Å². The number of para-hydroxylation sites is 1. The summed E-state index contributed by atoms with van der Waals surface area (Å²) in [4.78, 5) is 16.6. The number of nitrogens with zero attached hydrogens (tertiary/aromatic N) is 2. The van der Waals surface area contributed by atoms with Gasteiger partial charge in [0.15, 0.2) is 0 Å². The van der Waals surface area contributed by atoms with Crippen LogP contribution in [0.1, 0.15) is 16.8 Å². The molecule has 5 heteroatoms. The summed E-state index contributed by atoms with van der Waals surface area (Å²) in [5, 5.41) is 12.9. The Balaban J connectivity index is 2.22. The predicted molar refractivity (Wildman–Crippen MR) is 80.0 cm³/mol. The molecule has 20 heavy (non-hydrogen) atoms. The molecule has 0 radical (unpaired) electrons. The maximum Gasteiger partial charge on any atom is 0.256 e. The van der Waals surface area contributed by atoms with Gasteiger partial charge in [0.25, 0.3) is 5.91 Å². The molecule has 1 saturated heterocycles. The van der Waals surface area contributed by atoms with Gasteiger partial charge in [-0.1, -0.05) is 12.1 Å². The number of likely N-dealkylation sites (N-methyl/N-ethyl adjacent to an activating group) is 1. The van der Waals surface area contributed by atoms with E-state index in [0.717, 1.165) is 12.2 Å². The van der Waals surface area contributed by atoms with Crippen LogP contribution in [0, 0.1) is 0 Å². The monoisotopic (exact) mass is 277 g/mol. The van der Waals surface area contributed by atoms with Gasteiger partial charge in [0.2, 0.25) is 0 Å². The van der Waals surface area contributed by atoms with E-state index in [9.17, 15) is 9.90 Å². The van der Waals surface area contributed by atoms with Gasteiger partial charge < -0.3 is 20.2 Å². The minimum absolute atomic E-state index is 0.0154. The first-order valence-corrected chi connectivity index (χ1v) is 6.93. The molecule has 0 aromatic heterocycles. The van der Waals surface area contributed by atoms with Crippen molar-refractivity contribution in [2.45, 2.75) is 18.6 Å². The highest BCUT2D eigenvalue weighted by Crippen LogP contribution is 2.24. The molecule has 1 aromatic rings. The zero-order chi connectivity index (χ0) is 14.7. The maximum absolute atomic E-state index is 12.7. The quantitative estimate of drug-likeness (QED) is 0.857. The normalized spacial score (nSPS) is 22.4. The van der Waals surface area contributed by atoms with E-state index >= 15 is 0 Å². The molecule has 110 valence electrons. The summed E-state index contributed by atoms with van der Waals surface area (Å²) in [6, 6.07) is 7.55. The van der Waals surface area contributed by atoms with Gasteiger partial charge in [0.1, 0.15) is 0 Å². The largest absolute Gasteiger partial charge is 0.391 e. The highest BCUT2D eigenvalue weighted by molar-refractivity contribution is 6.00. The van der Waals surface area contributed by atoms with Crippen LogP contribution in [-0.2, 0) is 0 Å². The van der Waals surface area contributed by atoms with Gasteiger partial charge in [-0.05, 0) is 32.6 Å². The standard InChI is InChI=1S/C15H23N3O2/c1-16-14-7-5-4-6-13(14)15(20)18-10-12(19)8-11(18)9-17(2)3/h4-7,11-12,16,19H,8-10H2,1-3H3. The predicted octanol–water partition coefficient (Wildman–Crippen LogP) is 0.865. The molecule has 1 aliphatic heterocycles. The Labute approximate surface area is 120 Å². The SMILES string of the molecule is CNc1ccccc1C(=O)N1CC(O)CC1CN(C)C. The average Bonchev–Trinajstić information content (AvgIpc) is 2.77. The lowest BCUT2D eigenvalue weighted by Crippen LogP contribution is -2.41. The number of hydrogen-bond donors (Lipinski definition) is 2. The number of amides is 1. The molecule has 0 aliphatic carbocycles. The van der Waals surface area contributed by atoms with Crippen LogP contribution in [0.2, 0.25) is 0 Å². The van der Waals surface area contributed by atoms with Gasteiger partial charge in [0, 0.05) is 31.9 Å². The minimum atomic E-state index is -0.425. The second-order valence-electron chi connectivity index (χ2n) is 5.56. The molecule has 1 amide bonds. The third kappa shape index (κ3) is 3.11. The first-order chi connectivity index (χ1) is 9.52. The van der Waals surface area contributed by atoms with Crippen LogP contribution in [0.5, 0.6) is 0 Å². The zero-order valence-corrected chi connectivity index (χ0v) is 12.3. The van der Waals surface area contributed by atoms with E-state index in [0.29, 0.717) is 18.5 Å². The van der Waals surface area contributed by atoms with Crippen molar-refractivity contribution in [1.29, 1.82) is 0 Å². The second kappa shape index (κ2) is 6.24. The molecular formula is C15H23N3O2. The number of aliphatic hydroxyl groups is 1. The number of benzene rings is 1. The summed E-state index contributed by atoms with van der Waals surface area (Å²) < 4.78 is 0. The number of anilines is 1. The average molecular weight is 277 g/mol. The van der Waals surface area contributed by atoms with Crippen LogP contribution < -0.4 is 5.32 Å². The summed E-state index contributed by atoms with van der Waals surface area (Å²) in [6.07, 6.45) is 0.219. The number of β-amino-alcohol motifs (C(OH)–C–C–N with tert-alkyl or cyclic N) is 1. The number of likely N-dealkylation sites (tertiary alicyclic amines) is 1. The van der Waals surface area contributed by atoms with Crippen molar-refractivity contribution in [1.82, 2.24) is 9.80 Å². The van der Waals surface area contributed by atoms with Gasteiger partial charge >= 0.3 is 0 Å². The van der Waals surface area contributed by atoms with E-state index in [1.165, 1.54) is 0 Å². The van der Waals surface area contributed by atoms with Gasteiger partial charge in [-0.2, -0.15) is 0 Å². The Kier molecular flexibility index (Phi) is 4.62. The van der Waals surface area contributed by atoms with Crippen molar-refractivity contribution in [3.8, 4) is 0 Å². The fourth-order valence-corrected chi connectivity index (χ4v) is 2.78. The van der Waals surface area contributed by atoms with Crippen LogP contribution >= 0.6 is 0 Å². The Morgan fingerprint density at radius 3 is 2.80 bits per heavy atom. The Hall–Kier alpha value is -1.59. The van der Waals surface area contributed by atoms with Crippen molar-refractivity contribution in [3.05, 3.63) is 29.8 Å². The van der Waals surface area contributed by atoms with Gasteiger partial charge in [-0.25, -0.2) is 0 Å². The zero-order valence-electron chi connectivity index (χ0n) is 12.3. The summed E-state index contributed by atoms with van der Waals surface area (Å²) in [5.74, 6) is -0.0154. The Morgan fingerprint density at radius 2 is 2.15 bits per heavy atom. The van der Waals surface area contributed by atoms with E-state index in [4.69, 9.17) is 0 Å². The first kappa shape index (κ1) is 14.8. The summed E-state index contributed by atoms with van der Waals surface area (Å²) in [7, 11) is 5.77. The summed E-state index contributed by atoms with van der Waals surface area (Å²) >= 11 is 0. The molecule has 1 aromatic carbocycles. The van der Waals surface area contributed by atoms with Crippen LogP contribution in [-0.4, -0.2) is 67.2 Å². The molecule has 2 N–H and O–H groups in total. The van der Waals surface area contributed by atoms with E-state index in [1.54, 1.807) is 4.90 Å². The molecule has 2 unspecified atom stereocenters. The lowest BCUT2D eigenvalue weighted by Gasteiger charge is -2.27. The highest BCUT2D eigenvalue weighted by Gasteiger charge is 2.35. The van der Waals surface area contributed by atoms with Gasteiger partial charge in [-0.15, -0.1) is 0 Å². The lowest BCUT2D eigenvalue weighted by molar-refractivity contribution is 0.0700. The molecular weight excluding hydrogens is 254 g/mol. The Bertz CT molecular complexity index is 476. The molecule has 0 saturated carbocycles. The fraction of sp³-hybridized carbons (Fsp3) is 0.533. The Morgan fingerprint density at radius 1 is 1.45 bits per heavy atom. The molecule has 2 atom stereocenters. The van der Waals surface area contributed by atoms with E-state index in [1.807, 2.05) is 50.3 Å². The van der Waals surface area contributed by atoms with Crippen LogP contribution in [0.3, 0.4) is 0 Å². The number of hydrogen-bond acceptors (Lipinski definition) is 4. The number of nitrogens with one attached hydrogen (secondary N) is 1. The third-order valence-corrected chi connectivity index (χ3v) is 3.66. The summed E-state index contributed by atoms with van der Waals surface area (Å²) in [6.45, 7) is 1.18. The van der Waals surface area contributed by atoms with E-state index in [-0.39, 0.29) is 11.9 Å². The van der Waals surface area contributed by atoms with Crippen LogP contribution in [0.4, 0.5) is 5.69 Å². The third-order valence-electron chi connectivity index (χ3n) is 3.66. The van der Waals surface area contributed by atoms with Crippen molar-refractivity contribution in [2.24, 2.45) is 0 Å². The minimum Gasteiger partial charge on any atom is -0.391 e. The van der Waals surface area contributed by atoms with Gasteiger partial charge in [-0.3, -0.25) is 4.79 Å².